The third kappa shape index (κ3) is 2.97. The molecule has 1 N–H and O–H groups in total. The predicted molar refractivity (Wildman–Crippen MR) is 83.3 cm³/mol. The summed E-state index contributed by atoms with van der Waals surface area (Å²) in [6, 6.07) is 12.6. The van der Waals surface area contributed by atoms with Crippen LogP contribution < -0.4 is 5.32 Å². The van der Waals surface area contributed by atoms with Crippen molar-refractivity contribution in [2.75, 3.05) is 5.75 Å². The number of halogens is 2. The van der Waals surface area contributed by atoms with Crippen molar-refractivity contribution in [1.82, 2.24) is 5.32 Å². The summed E-state index contributed by atoms with van der Waals surface area (Å²) in [6.45, 7) is 1.87. The van der Waals surface area contributed by atoms with E-state index in [2.05, 4.69) is 17.4 Å². The van der Waals surface area contributed by atoms with Crippen molar-refractivity contribution in [3.05, 3.63) is 70.8 Å². The van der Waals surface area contributed by atoms with Gasteiger partial charge in [0.05, 0.1) is 0 Å². The van der Waals surface area contributed by atoms with Gasteiger partial charge in [0.1, 0.15) is 0 Å². The second-order valence-corrected chi connectivity index (χ2v) is 6.33. The second-order valence-electron chi connectivity index (χ2n) is 5.30. The molecule has 0 aromatic heterocycles. The van der Waals surface area contributed by atoms with Gasteiger partial charge in [0.15, 0.2) is 11.6 Å². The summed E-state index contributed by atoms with van der Waals surface area (Å²) < 4.78 is 27.2. The van der Waals surface area contributed by atoms with Gasteiger partial charge in [0.2, 0.25) is 0 Å². The van der Waals surface area contributed by atoms with Gasteiger partial charge in [-0.05, 0) is 24.1 Å². The van der Waals surface area contributed by atoms with Crippen LogP contribution in [0, 0.1) is 11.6 Å². The van der Waals surface area contributed by atoms with Crippen molar-refractivity contribution < 1.29 is 8.78 Å². The highest BCUT2D eigenvalue weighted by molar-refractivity contribution is 7.98. The van der Waals surface area contributed by atoms with Crippen LogP contribution in [0.1, 0.15) is 35.7 Å². The Hall–Kier alpha value is -1.39. The molecular weight excluding hydrogens is 288 g/mol. The van der Waals surface area contributed by atoms with Gasteiger partial charge in [0.25, 0.3) is 0 Å². The van der Waals surface area contributed by atoms with Crippen molar-refractivity contribution in [3.63, 3.8) is 0 Å². The van der Waals surface area contributed by atoms with Gasteiger partial charge < -0.3 is 5.32 Å². The molecule has 3 rings (SSSR count). The zero-order valence-electron chi connectivity index (χ0n) is 11.8. The van der Waals surface area contributed by atoms with Crippen LogP contribution in [-0.4, -0.2) is 5.75 Å². The maximum atomic E-state index is 13.9. The molecule has 21 heavy (non-hydrogen) atoms. The Morgan fingerprint density at radius 1 is 1.14 bits per heavy atom. The van der Waals surface area contributed by atoms with Crippen molar-refractivity contribution in [2.24, 2.45) is 0 Å². The second kappa shape index (κ2) is 6.16. The minimum atomic E-state index is -0.792. The van der Waals surface area contributed by atoms with Gasteiger partial charge in [-0.1, -0.05) is 36.4 Å². The molecule has 1 aliphatic heterocycles. The van der Waals surface area contributed by atoms with E-state index in [1.165, 1.54) is 11.1 Å². The maximum Gasteiger partial charge on any atom is 0.163 e. The van der Waals surface area contributed by atoms with E-state index in [0.717, 1.165) is 17.6 Å². The lowest BCUT2D eigenvalue weighted by Crippen LogP contribution is -2.29. The molecule has 0 bridgehead atoms. The first-order valence-corrected chi connectivity index (χ1v) is 8.18. The van der Waals surface area contributed by atoms with Crippen LogP contribution in [-0.2, 0) is 5.75 Å². The van der Waals surface area contributed by atoms with Gasteiger partial charge in [-0.25, -0.2) is 8.78 Å². The Morgan fingerprint density at radius 3 is 2.81 bits per heavy atom. The largest absolute Gasteiger partial charge is 0.302 e. The van der Waals surface area contributed by atoms with E-state index < -0.39 is 11.6 Å². The van der Waals surface area contributed by atoms with Gasteiger partial charge in [-0.3, -0.25) is 0 Å². The number of benzene rings is 2. The van der Waals surface area contributed by atoms with Crippen molar-refractivity contribution in [2.45, 2.75) is 24.8 Å². The van der Waals surface area contributed by atoms with Crippen LogP contribution in [0.2, 0.25) is 0 Å². The van der Waals surface area contributed by atoms with E-state index >= 15 is 0 Å². The number of rotatable bonds is 3. The summed E-state index contributed by atoms with van der Waals surface area (Å²) in [6.07, 6.45) is 0. The predicted octanol–water partition coefficient (Wildman–Crippen LogP) is 4.60. The van der Waals surface area contributed by atoms with Crippen LogP contribution in [0.25, 0.3) is 0 Å². The fourth-order valence-electron chi connectivity index (χ4n) is 2.77. The Bertz CT molecular complexity index is 644. The van der Waals surface area contributed by atoms with Crippen LogP contribution >= 0.6 is 11.8 Å². The molecule has 2 aromatic rings. The van der Waals surface area contributed by atoms with E-state index in [1.54, 1.807) is 12.1 Å². The third-order valence-corrected chi connectivity index (χ3v) is 4.96. The molecular formula is C17H17F2NS. The van der Waals surface area contributed by atoms with E-state index in [0.29, 0.717) is 5.56 Å². The molecule has 0 unspecified atom stereocenters. The molecule has 0 saturated carbocycles. The van der Waals surface area contributed by atoms with E-state index in [-0.39, 0.29) is 12.1 Å². The lowest BCUT2D eigenvalue weighted by Gasteiger charge is -2.29. The van der Waals surface area contributed by atoms with E-state index in [9.17, 15) is 8.78 Å². The topological polar surface area (TPSA) is 12.0 Å². The quantitative estimate of drug-likeness (QED) is 0.889. The molecule has 2 atom stereocenters. The number of hydrogen-bond acceptors (Lipinski definition) is 2. The molecule has 1 heterocycles. The number of thioether (sulfide) groups is 1. The summed E-state index contributed by atoms with van der Waals surface area (Å²) >= 11 is 1.86. The van der Waals surface area contributed by atoms with Crippen LogP contribution in [0.3, 0.4) is 0 Å². The van der Waals surface area contributed by atoms with Crippen LogP contribution in [0.15, 0.2) is 42.5 Å². The molecule has 0 radical (unpaired) electrons. The van der Waals surface area contributed by atoms with Gasteiger partial charge >= 0.3 is 0 Å². The number of hydrogen-bond donors (Lipinski definition) is 1. The molecule has 0 fully saturated rings. The summed E-state index contributed by atoms with van der Waals surface area (Å²) in [5, 5.41) is 3.43. The highest BCUT2D eigenvalue weighted by atomic mass is 32.2. The summed E-state index contributed by atoms with van der Waals surface area (Å²) in [7, 11) is 0. The molecule has 1 aliphatic rings. The molecule has 1 nitrogen and oxygen atoms in total. The Morgan fingerprint density at radius 2 is 1.95 bits per heavy atom. The first-order chi connectivity index (χ1) is 10.2. The average Bonchev–Trinajstić information content (AvgIpc) is 2.50. The first kappa shape index (κ1) is 14.5. The minimum Gasteiger partial charge on any atom is -0.302 e. The molecule has 110 valence electrons. The molecule has 0 spiro atoms. The molecule has 0 amide bonds. The Kier molecular flexibility index (Phi) is 4.27. The first-order valence-electron chi connectivity index (χ1n) is 7.02. The Labute approximate surface area is 127 Å². The summed E-state index contributed by atoms with van der Waals surface area (Å²) in [5.41, 5.74) is 2.96. The zero-order valence-corrected chi connectivity index (χ0v) is 12.6. The van der Waals surface area contributed by atoms with Crippen molar-refractivity contribution in [1.29, 1.82) is 0 Å². The standard InChI is InChI=1S/C17H17F2NS/c1-11(13-7-4-8-15(18)17(13)19)20-16-10-21-9-12-5-2-3-6-14(12)16/h2-8,11,16,20H,9-10H2,1H3/t11-,16+/m0/s1. The monoisotopic (exact) mass is 305 g/mol. The average molecular weight is 305 g/mol. The molecule has 0 saturated heterocycles. The summed E-state index contributed by atoms with van der Waals surface area (Å²) in [4.78, 5) is 0. The SMILES string of the molecule is C[C@H](N[C@@H]1CSCc2ccccc21)c1cccc(F)c1F. The maximum absolute atomic E-state index is 13.9. The molecule has 0 aliphatic carbocycles. The summed E-state index contributed by atoms with van der Waals surface area (Å²) in [5.74, 6) is 0.406. The van der Waals surface area contributed by atoms with E-state index in [4.69, 9.17) is 0 Å². The van der Waals surface area contributed by atoms with Gasteiger partial charge in [-0.2, -0.15) is 11.8 Å². The number of fused-ring (bicyclic) bond motifs is 1. The van der Waals surface area contributed by atoms with Crippen LogP contribution in [0.5, 0.6) is 0 Å². The molecule has 4 heteroatoms. The highest BCUT2D eigenvalue weighted by Crippen LogP contribution is 2.33. The number of nitrogens with one attached hydrogen (secondary N) is 1. The van der Waals surface area contributed by atoms with Gasteiger partial charge in [-0.15, -0.1) is 0 Å². The fraction of sp³-hybridized carbons (Fsp3) is 0.294. The Balaban J connectivity index is 1.83. The zero-order chi connectivity index (χ0) is 14.8. The minimum absolute atomic E-state index is 0.164. The lowest BCUT2D eigenvalue weighted by atomic mass is 9.99. The normalized spacial score (nSPS) is 19.1. The van der Waals surface area contributed by atoms with Gasteiger partial charge in [0, 0.05) is 29.2 Å². The highest BCUT2D eigenvalue weighted by Gasteiger charge is 2.23. The smallest absolute Gasteiger partial charge is 0.163 e. The van der Waals surface area contributed by atoms with Crippen molar-refractivity contribution in [3.8, 4) is 0 Å². The van der Waals surface area contributed by atoms with Crippen molar-refractivity contribution >= 4 is 11.8 Å². The lowest BCUT2D eigenvalue weighted by molar-refractivity contribution is 0.449. The third-order valence-electron chi connectivity index (χ3n) is 3.87. The molecule has 2 aromatic carbocycles. The van der Waals surface area contributed by atoms with Crippen LogP contribution in [0.4, 0.5) is 8.78 Å². The fourth-order valence-corrected chi connectivity index (χ4v) is 3.88. The van der Waals surface area contributed by atoms with E-state index in [1.807, 2.05) is 30.8 Å².